The van der Waals surface area contributed by atoms with Crippen LogP contribution in [0.15, 0.2) is 0 Å². The van der Waals surface area contributed by atoms with Gasteiger partial charge >= 0.3 is 0 Å². The summed E-state index contributed by atoms with van der Waals surface area (Å²) in [6, 6.07) is 0.358. The number of methoxy groups -OCH3 is 1. The normalized spacial score (nSPS) is 40.3. The largest absolute Gasteiger partial charge is 0.389 e. The van der Waals surface area contributed by atoms with Crippen LogP contribution in [0.25, 0.3) is 0 Å². The Hall–Kier alpha value is -0.120. The van der Waals surface area contributed by atoms with Crippen LogP contribution < -0.4 is 0 Å². The molecule has 0 spiro atoms. The van der Waals surface area contributed by atoms with E-state index in [1.54, 1.807) is 7.11 Å². The number of ether oxygens (including phenoxy) is 1. The minimum absolute atomic E-state index is 0.0642. The lowest BCUT2D eigenvalue weighted by Crippen LogP contribution is -2.50. The van der Waals surface area contributed by atoms with Crippen LogP contribution in [0.4, 0.5) is 0 Å². The van der Waals surface area contributed by atoms with Gasteiger partial charge in [0.05, 0.1) is 12.2 Å². The van der Waals surface area contributed by atoms with Gasteiger partial charge in [-0.2, -0.15) is 0 Å². The zero-order chi connectivity index (χ0) is 9.97. The van der Waals surface area contributed by atoms with E-state index in [2.05, 4.69) is 4.90 Å². The molecule has 0 aromatic carbocycles. The molecule has 1 heterocycles. The van der Waals surface area contributed by atoms with Gasteiger partial charge in [-0.15, -0.1) is 0 Å². The first kappa shape index (κ1) is 10.4. The molecule has 3 heteroatoms. The van der Waals surface area contributed by atoms with Crippen molar-refractivity contribution in [1.29, 1.82) is 0 Å². The molecule has 82 valence electrons. The highest BCUT2D eigenvalue weighted by molar-refractivity contribution is 4.90. The molecule has 1 saturated heterocycles. The highest BCUT2D eigenvalue weighted by Gasteiger charge is 2.36. The molecule has 1 aliphatic carbocycles. The van der Waals surface area contributed by atoms with E-state index in [1.807, 2.05) is 0 Å². The van der Waals surface area contributed by atoms with E-state index < -0.39 is 0 Å². The molecule has 0 radical (unpaired) electrons. The molecule has 2 fully saturated rings. The Balaban J connectivity index is 1.95. The smallest absolute Gasteiger partial charge is 0.0956 e. The summed E-state index contributed by atoms with van der Waals surface area (Å²) in [4.78, 5) is 2.44. The third kappa shape index (κ3) is 1.95. The van der Waals surface area contributed by atoms with Gasteiger partial charge in [-0.05, 0) is 45.2 Å². The van der Waals surface area contributed by atoms with Crippen LogP contribution in [0.1, 0.15) is 32.1 Å². The van der Waals surface area contributed by atoms with Gasteiger partial charge in [-0.1, -0.05) is 0 Å². The van der Waals surface area contributed by atoms with Crippen molar-refractivity contribution in [3.8, 4) is 0 Å². The molecule has 0 aromatic rings. The second-order valence-electron chi connectivity index (χ2n) is 4.51. The van der Waals surface area contributed by atoms with Crippen molar-refractivity contribution < 1.29 is 9.84 Å². The van der Waals surface area contributed by atoms with Crippen LogP contribution >= 0.6 is 0 Å². The van der Waals surface area contributed by atoms with Crippen LogP contribution in [0.5, 0.6) is 0 Å². The standard InChI is InChI=1S/C11H21NO2/c1-14-10-6-4-5-9(11(10)13)12-7-2-3-8-12/h9-11,13H,2-8H2,1H3/t9-,10+,11+/m1/s1. The van der Waals surface area contributed by atoms with E-state index in [-0.39, 0.29) is 12.2 Å². The van der Waals surface area contributed by atoms with Crippen LogP contribution in [0.3, 0.4) is 0 Å². The summed E-state index contributed by atoms with van der Waals surface area (Å²) in [5, 5.41) is 10.1. The van der Waals surface area contributed by atoms with E-state index in [0.29, 0.717) is 6.04 Å². The number of rotatable bonds is 2. The third-order valence-corrected chi connectivity index (χ3v) is 3.68. The quantitative estimate of drug-likeness (QED) is 0.720. The molecule has 0 unspecified atom stereocenters. The molecule has 0 bridgehead atoms. The van der Waals surface area contributed by atoms with E-state index >= 15 is 0 Å². The first-order chi connectivity index (χ1) is 6.83. The monoisotopic (exact) mass is 199 g/mol. The number of likely N-dealkylation sites (tertiary alicyclic amines) is 1. The number of hydrogen-bond donors (Lipinski definition) is 1. The van der Waals surface area contributed by atoms with Crippen molar-refractivity contribution in [1.82, 2.24) is 4.90 Å². The minimum Gasteiger partial charge on any atom is -0.389 e. The summed E-state index contributed by atoms with van der Waals surface area (Å²) in [6.07, 6.45) is 5.72. The molecular weight excluding hydrogens is 178 g/mol. The van der Waals surface area contributed by atoms with E-state index in [0.717, 1.165) is 25.9 Å². The molecule has 1 N–H and O–H groups in total. The topological polar surface area (TPSA) is 32.7 Å². The van der Waals surface area contributed by atoms with Gasteiger partial charge in [0, 0.05) is 13.2 Å². The van der Waals surface area contributed by atoms with Gasteiger partial charge in [-0.3, -0.25) is 4.90 Å². The predicted molar refractivity (Wildman–Crippen MR) is 55.2 cm³/mol. The predicted octanol–water partition coefficient (Wildman–Crippen LogP) is 1.01. The Labute approximate surface area is 86.0 Å². The molecule has 14 heavy (non-hydrogen) atoms. The highest BCUT2D eigenvalue weighted by atomic mass is 16.5. The molecule has 0 amide bonds. The Bertz CT molecular complexity index is 180. The zero-order valence-corrected chi connectivity index (χ0v) is 8.98. The number of aliphatic hydroxyl groups is 1. The van der Waals surface area contributed by atoms with Gasteiger partial charge in [0.1, 0.15) is 0 Å². The fraction of sp³-hybridized carbons (Fsp3) is 1.00. The van der Waals surface area contributed by atoms with Crippen molar-refractivity contribution in [3.05, 3.63) is 0 Å². The van der Waals surface area contributed by atoms with Crippen molar-refractivity contribution in [3.63, 3.8) is 0 Å². The summed E-state index contributed by atoms with van der Waals surface area (Å²) >= 11 is 0. The second kappa shape index (κ2) is 4.60. The summed E-state index contributed by atoms with van der Waals surface area (Å²) in [5.41, 5.74) is 0. The van der Waals surface area contributed by atoms with Gasteiger partial charge in [-0.25, -0.2) is 0 Å². The highest BCUT2D eigenvalue weighted by Crippen LogP contribution is 2.27. The molecule has 0 aromatic heterocycles. The van der Waals surface area contributed by atoms with Gasteiger partial charge < -0.3 is 9.84 Å². The van der Waals surface area contributed by atoms with Gasteiger partial charge in [0.15, 0.2) is 0 Å². The number of aliphatic hydroxyl groups excluding tert-OH is 1. The average molecular weight is 199 g/mol. The second-order valence-corrected chi connectivity index (χ2v) is 4.51. The summed E-state index contributed by atoms with van der Waals surface area (Å²) in [5.74, 6) is 0. The minimum atomic E-state index is -0.271. The lowest BCUT2D eigenvalue weighted by molar-refractivity contribution is -0.0776. The number of hydrogen-bond acceptors (Lipinski definition) is 3. The summed E-state index contributed by atoms with van der Waals surface area (Å²) in [7, 11) is 1.71. The van der Waals surface area contributed by atoms with Gasteiger partial charge in [0.25, 0.3) is 0 Å². The van der Waals surface area contributed by atoms with E-state index in [9.17, 15) is 5.11 Å². The molecule has 3 nitrogen and oxygen atoms in total. The maximum Gasteiger partial charge on any atom is 0.0956 e. The Kier molecular flexibility index (Phi) is 3.42. The third-order valence-electron chi connectivity index (χ3n) is 3.68. The SMILES string of the molecule is CO[C@H]1CCC[C@@H](N2CCCC2)[C@@H]1O. The lowest BCUT2D eigenvalue weighted by Gasteiger charge is -2.39. The van der Waals surface area contributed by atoms with Crippen molar-refractivity contribution in [2.45, 2.75) is 50.4 Å². The van der Waals surface area contributed by atoms with Crippen LogP contribution in [0.2, 0.25) is 0 Å². The van der Waals surface area contributed by atoms with E-state index in [4.69, 9.17) is 4.74 Å². The maximum absolute atomic E-state index is 10.1. The fourth-order valence-corrected chi connectivity index (χ4v) is 2.85. The summed E-state index contributed by atoms with van der Waals surface area (Å²) in [6.45, 7) is 2.33. The Morgan fingerprint density at radius 3 is 2.50 bits per heavy atom. The fourth-order valence-electron chi connectivity index (χ4n) is 2.85. The van der Waals surface area contributed by atoms with Crippen LogP contribution in [-0.2, 0) is 4.74 Å². The molecule has 1 aliphatic heterocycles. The number of nitrogens with zero attached hydrogens (tertiary/aromatic N) is 1. The maximum atomic E-state index is 10.1. The van der Waals surface area contributed by atoms with Gasteiger partial charge in [0.2, 0.25) is 0 Å². The molecular formula is C11H21NO2. The Morgan fingerprint density at radius 1 is 1.14 bits per heavy atom. The summed E-state index contributed by atoms with van der Waals surface area (Å²) < 4.78 is 5.32. The first-order valence-corrected chi connectivity index (χ1v) is 5.78. The molecule has 3 atom stereocenters. The average Bonchev–Trinajstić information content (AvgIpc) is 2.71. The van der Waals surface area contributed by atoms with Crippen molar-refractivity contribution >= 4 is 0 Å². The molecule has 2 rings (SSSR count). The van der Waals surface area contributed by atoms with E-state index in [1.165, 1.54) is 19.3 Å². The van der Waals surface area contributed by atoms with Crippen LogP contribution in [-0.4, -0.2) is 48.5 Å². The Morgan fingerprint density at radius 2 is 1.86 bits per heavy atom. The molecule has 2 aliphatic rings. The van der Waals surface area contributed by atoms with Crippen molar-refractivity contribution in [2.24, 2.45) is 0 Å². The van der Waals surface area contributed by atoms with Crippen molar-refractivity contribution in [2.75, 3.05) is 20.2 Å². The van der Waals surface area contributed by atoms with Crippen LogP contribution in [0, 0.1) is 0 Å². The first-order valence-electron chi connectivity index (χ1n) is 5.78. The molecule has 1 saturated carbocycles. The zero-order valence-electron chi connectivity index (χ0n) is 8.98. The lowest BCUT2D eigenvalue weighted by atomic mass is 9.89.